The number of aromatic nitrogens is 2. The van der Waals surface area contributed by atoms with Gasteiger partial charge in [-0.3, -0.25) is 0 Å². The van der Waals surface area contributed by atoms with Crippen LogP contribution in [0.25, 0.3) is 0 Å². The van der Waals surface area contributed by atoms with Gasteiger partial charge in [0.1, 0.15) is 0 Å². The van der Waals surface area contributed by atoms with Crippen LogP contribution in [0.1, 0.15) is 5.56 Å². The topological polar surface area (TPSA) is 37.8 Å². The zero-order valence-corrected chi connectivity index (χ0v) is 10.9. The van der Waals surface area contributed by atoms with Gasteiger partial charge in [-0.05, 0) is 43.1 Å². The quantitative estimate of drug-likeness (QED) is 0.863. The molecule has 0 fully saturated rings. The van der Waals surface area contributed by atoms with Gasteiger partial charge in [0.05, 0.1) is 0 Å². The Balaban J connectivity index is 2.05. The minimum Gasteiger partial charge on any atom is -0.316 e. The van der Waals surface area contributed by atoms with E-state index < -0.39 is 0 Å². The van der Waals surface area contributed by atoms with Crippen LogP contribution in [0, 0.1) is 0 Å². The van der Waals surface area contributed by atoms with Crippen molar-refractivity contribution in [3.63, 3.8) is 0 Å². The minimum absolute atomic E-state index is 0.736. The molecule has 1 N–H and O–H groups in total. The molecule has 5 heteroatoms. The highest BCUT2D eigenvalue weighted by atomic mass is 35.5. The number of hydrogen-bond acceptors (Lipinski definition) is 4. The Kier molecular flexibility index (Phi) is 4.36. The van der Waals surface area contributed by atoms with Crippen LogP contribution < -0.4 is 5.32 Å². The Morgan fingerprint density at radius 2 is 1.82 bits per heavy atom. The van der Waals surface area contributed by atoms with Crippen LogP contribution in [0.5, 0.6) is 0 Å². The van der Waals surface area contributed by atoms with E-state index in [0.29, 0.717) is 0 Å². The maximum atomic E-state index is 5.82. The van der Waals surface area contributed by atoms with Crippen molar-refractivity contribution < 1.29 is 0 Å². The Hall–Kier alpha value is -1.10. The SMILES string of the molecule is CNCc1cnc(Sc2ccc(Cl)cc2)nc1. The molecule has 0 aliphatic heterocycles. The highest BCUT2D eigenvalue weighted by Crippen LogP contribution is 2.25. The Morgan fingerprint density at radius 3 is 2.41 bits per heavy atom. The van der Waals surface area contributed by atoms with Crippen LogP contribution in [0.3, 0.4) is 0 Å². The second-order valence-corrected chi connectivity index (χ2v) is 4.94. The maximum Gasteiger partial charge on any atom is 0.192 e. The number of hydrogen-bond donors (Lipinski definition) is 1. The van der Waals surface area contributed by atoms with Crippen molar-refractivity contribution in [3.8, 4) is 0 Å². The largest absolute Gasteiger partial charge is 0.316 e. The molecular formula is C12H12ClN3S. The fraction of sp³-hybridized carbons (Fsp3) is 0.167. The van der Waals surface area contributed by atoms with Gasteiger partial charge < -0.3 is 5.32 Å². The summed E-state index contributed by atoms with van der Waals surface area (Å²) < 4.78 is 0. The number of nitrogens with zero attached hydrogens (tertiary/aromatic N) is 2. The first-order chi connectivity index (χ1) is 8.28. The molecular weight excluding hydrogens is 254 g/mol. The highest BCUT2D eigenvalue weighted by molar-refractivity contribution is 7.99. The molecule has 88 valence electrons. The average Bonchev–Trinajstić information content (AvgIpc) is 2.35. The lowest BCUT2D eigenvalue weighted by Crippen LogP contribution is -2.05. The van der Waals surface area contributed by atoms with E-state index >= 15 is 0 Å². The molecule has 0 spiro atoms. The van der Waals surface area contributed by atoms with Crippen molar-refractivity contribution in [1.82, 2.24) is 15.3 Å². The first-order valence-corrected chi connectivity index (χ1v) is 6.36. The molecule has 0 unspecified atom stereocenters. The third-order valence-corrected chi connectivity index (χ3v) is 3.24. The van der Waals surface area contributed by atoms with Gasteiger partial charge in [-0.1, -0.05) is 11.6 Å². The third kappa shape index (κ3) is 3.70. The van der Waals surface area contributed by atoms with E-state index in [1.165, 1.54) is 11.8 Å². The van der Waals surface area contributed by atoms with Gasteiger partial charge in [0.25, 0.3) is 0 Å². The van der Waals surface area contributed by atoms with E-state index in [1.807, 2.05) is 43.7 Å². The average molecular weight is 266 g/mol. The first-order valence-electron chi connectivity index (χ1n) is 5.17. The van der Waals surface area contributed by atoms with Crippen molar-refractivity contribution in [2.24, 2.45) is 0 Å². The zero-order chi connectivity index (χ0) is 12.1. The summed E-state index contributed by atoms with van der Waals surface area (Å²) in [6.45, 7) is 0.784. The van der Waals surface area contributed by atoms with Crippen molar-refractivity contribution in [1.29, 1.82) is 0 Å². The summed E-state index contributed by atoms with van der Waals surface area (Å²) >= 11 is 7.34. The second-order valence-electron chi connectivity index (χ2n) is 3.46. The number of benzene rings is 1. The summed E-state index contributed by atoms with van der Waals surface area (Å²) in [5.41, 5.74) is 1.08. The third-order valence-electron chi connectivity index (χ3n) is 2.09. The summed E-state index contributed by atoms with van der Waals surface area (Å²) in [6, 6.07) is 7.63. The normalized spacial score (nSPS) is 10.5. The van der Waals surface area contributed by atoms with Crippen molar-refractivity contribution in [3.05, 3.63) is 47.2 Å². The predicted octanol–water partition coefficient (Wildman–Crippen LogP) is 3.00. The molecule has 0 bridgehead atoms. The van der Waals surface area contributed by atoms with Crippen LogP contribution in [0.4, 0.5) is 0 Å². The summed E-state index contributed by atoms with van der Waals surface area (Å²) in [7, 11) is 1.90. The van der Waals surface area contributed by atoms with E-state index in [-0.39, 0.29) is 0 Å². The molecule has 2 aromatic rings. The van der Waals surface area contributed by atoms with Gasteiger partial charge in [-0.15, -0.1) is 0 Å². The van der Waals surface area contributed by atoms with E-state index in [2.05, 4.69) is 15.3 Å². The van der Waals surface area contributed by atoms with E-state index in [0.717, 1.165) is 27.2 Å². The molecule has 17 heavy (non-hydrogen) atoms. The van der Waals surface area contributed by atoms with Gasteiger partial charge >= 0.3 is 0 Å². The molecule has 0 atom stereocenters. The molecule has 0 amide bonds. The van der Waals surface area contributed by atoms with Crippen LogP contribution in [0.15, 0.2) is 46.7 Å². The summed E-state index contributed by atoms with van der Waals surface area (Å²) in [5, 5.41) is 4.54. The first kappa shape index (κ1) is 12.4. The van der Waals surface area contributed by atoms with Gasteiger partial charge in [0.15, 0.2) is 5.16 Å². The second kappa shape index (κ2) is 6.00. The molecule has 3 nitrogen and oxygen atoms in total. The van der Waals surface area contributed by atoms with Gasteiger partial charge in [-0.25, -0.2) is 9.97 Å². The molecule has 1 heterocycles. The van der Waals surface area contributed by atoms with Gasteiger partial charge in [0, 0.05) is 34.4 Å². The summed E-state index contributed by atoms with van der Waals surface area (Å²) in [6.07, 6.45) is 3.67. The van der Waals surface area contributed by atoms with E-state index in [4.69, 9.17) is 11.6 Å². The lowest BCUT2D eigenvalue weighted by Gasteiger charge is -2.02. The van der Waals surface area contributed by atoms with Crippen LogP contribution in [-0.2, 0) is 6.54 Å². The monoisotopic (exact) mass is 265 g/mol. The Bertz CT molecular complexity index is 470. The standard InChI is InChI=1S/C12H12ClN3S/c1-14-6-9-7-15-12(16-8-9)17-11-4-2-10(13)3-5-11/h2-5,7-8,14H,6H2,1H3. The zero-order valence-electron chi connectivity index (χ0n) is 9.35. The number of halogens is 1. The van der Waals surface area contributed by atoms with Crippen LogP contribution in [0.2, 0.25) is 5.02 Å². The predicted molar refractivity (Wildman–Crippen MR) is 70.4 cm³/mol. The summed E-state index contributed by atoms with van der Waals surface area (Å²) in [4.78, 5) is 9.67. The van der Waals surface area contributed by atoms with Crippen LogP contribution in [-0.4, -0.2) is 17.0 Å². The molecule has 0 aliphatic rings. The molecule has 0 saturated carbocycles. The smallest absolute Gasteiger partial charge is 0.192 e. The van der Waals surface area contributed by atoms with Crippen LogP contribution >= 0.6 is 23.4 Å². The minimum atomic E-state index is 0.736. The fourth-order valence-electron chi connectivity index (χ4n) is 1.30. The van der Waals surface area contributed by atoms with Crippen molar-refractivity contribution in [2.45, 2.75) is 16.6 Å². The summed E-state index contributed by atoms with van der Waals surface area (Å²) in [5.74, 6) is 0. The number of rotatable bonds is 4. The molecule has 1 aromatic carbocycles. The fourth-order valence-corrected chi connectivity index (χ4v) is 2.12. The Morgan fingerprint density at radius 1 is 1.18 bits per heavy atom. The van der Waals surface area contributed by atoms with Crippen molar-refractivity contribution in [2.75, 3.05) is 7.05 Å². The lowest BCUT2D eigenvalue weighted by atomic mass is 10.3. The van der Waals surface area contributed by atoms with E-state index in [1.54, 1.807) is 0 Å². The molecule has 2 rings (SSSR count). The molecule has 0 radical (unpaired) electrons. The lowest BCUT2D eigenvalue weighted by molar-refractivity contribution is 0.793. The maximum absolute atomic E-state index is 5.82. The highest BCUT2D eigenvalue weighted by Gasteiger charge is 2.00. The molecule has 0 aliphatic carbocycles. The Labute approximate surface area is 110 Å². The van der Waals surface area contributed by atoms with Gasteiger partial charge in [0.2, 0.25) is 0 Å². The van der Waals surface area contributed by atoms with Crippen molar-refractivity contribution >= 4 is 23.4 Å². The van der Waals surface area contributed by atoms with Gasteiger partial charge in [-0.2, -0.15) is 0 Å². The molecule has 0 saturated heterocycles. The van der Waals surface area contributed by atoms with E-state index in [9.17, 15) is 0 Å². The number of nitrogens with one attached hydrogen (secondary N) is 1. The molecule has 1 aromatic heterocycles.